The van der Waals surface area contributed by atoms with E-state index in [2.05, 4.69) is 130 Å². The number of benzene rings is 5. The van der Waals surface area contributed by atoms with Gasteiger partial charge in [0.1, 0.15) is 11.3 Å². The van der Waals surface area contributed by atoms with Crippen molar-refractivity contribution >= 4 is 71.8 Å². The van der Waals surface area contributed by atoms with Gasteiger partial charge in [-0.05, 0) is 77.2 Å². The molecule has 0 saturated carbocycles. The summed E-state index contributed by atoms with van der Waals surface area (Å²) in [5, 5.41) is 7.30. The number of pyridine rings is 2. The predicted molar refractivity (Wildman–Crippen MR) is 174 cm³/mol. The van der Waals surface area contributed by atoms with Crippen LogP contribution in [0.2, 0.25) is 0 Å². The predicted octanol–water partition coefficient (Wildman–Crippen LogP) is 9.37. The molecule has 5 aromatic carbocycles. The Hall–Kier alpha value is -5.48. The lowest BCUT2D eigenvalue weighted by Crippen LogP contribution is -1.99. The second-order valence-corrected chi connectivity index (χ2v) is 11.4. The normalized spacial score (nSPS) is 13.4. The van der Waals surface area contributed by atoms with Crippen LogP contribution in [0, 0.1) is 0 Å². The van der Waals surface area contributed by atoms with Crippen LogP contribution in [0.15, 0.2) is 115 Å². The molecule has 0 atom stereocenters. The van der Waals surface area contributed by atoms with E-state index in [1.54, 1.807) is 0 Å². The van der Waals surface area contributed by atoms with E-state index in [-0.39, 0.29) is 0 Å². The number of hydrogen-bond donors (Lipinski definition) is 0. The Morgan fingerprint density at radius 1 is 0.500 bits per heavy atom. The Kier molecular flexibility index (Phi) is 4.26. The summed E-state index contributed by atoms with van der Waals surface area (Å²) in [6.07, 6.45) is 6.48. The molecule has 0 fully saturated rings. The topological polar surface area (TPSA) is 34.6 Å². The first-order valence-corrected chi connectivity index (χ1v) is 14.6. The van der Waals surface area contributed by atoms with Gasteiger partial charge in [-0.1, -0.05) is 78.9 Å². The number of nitrogens with zero attached hydrogens (tertiary/aromatic N) is 4. The van der Waals surface area contributed by atoms with Crippen LogP contribution in [0.1, 0.15) is 17.8 Å². The molecule has 0 radical (unpaired) electrons. The van der Waals surface area contributed by atoms with Gasteiger partial charge in [-0.15, -0.1) is 0 Å². The van der Waals surface area contributed by atoms with Gasteiger partial charge in [0, 0.05) is 21.5 Å². The molecule has 1 aliphatic rings. The monoisotopic (exact) mass is 536 g/mol. The largest absolute Gasteiger partial charge is 0.295 e. The fourth-order valence-corrected chi connectivity index (χ4v) is 7.23. The number of aryl methyl sites for hydroxylation is 1. The first-order chi connectivity index (χ1) is 20.8. The van der Waals surface area contributed by atoms with Crippen LogP contribution in [0.4, 0.5) is 0 Å². The van der Waals surface area contributed by atoms with E-state index >= 15 is 0 Å². The van der Waals surface area contributed by atoms with E-state index in [9.17, 15) is 0 Å². The minimum atomic E-state index is 0.994. The van der Waals surface area contributed by atoms with Crippen molar-refractivity contribution in [1.82, 2.24) is 18.8 Å². The maximum atomic E-state index is 5.18. The van der Waals surface area contributed by atoms with Crippen molar-refractivity contribution in [2.24, 2.45) is 0 Å². The van der Waals surface area contributed by atoms with E-state index in [0.29, 0.717) is 0 Å². The number of allylic oxidation sites excluding steroid dienone is 1. The summed E-state index contributed by atoms with van der Waals surface area (Å²) in [5.74, 6) is 0. The Bertz CT molecular complexity index is 2630. The Morgan fingerprint density at radius 2 is 1.10 bits per heavy atom. The molecule has 42 heavy (non-hydrogen) atoms. The zero-order valence-electron chi connectivity index (χ0n) is 22.8. The number of rotatable bonds is 1. The summed E-state index contributed by atoms with van der Waals surface area (Å²) in [6, 6.07) is 39.5. The van der Waals surface area contributed by atoms with Crippen LogP contribution in [0.5, 0.6) is 0 Å². The first kappa shape index (κ1) is 22.2. The van der Waals surface area contributed by atoms with Crippen LogP contribution < -0.4 is 0 Å². The van der Waals surface area contributed by atoms with Crippen molar-refractivity contribution in [3.63, 3.8) is 0 Å². The molecule has 10 rings (SSSR count). The smallest absolute Gasteiger partial charge is 0.146 e. The van der Waals surface area contributed by atoms with Crippen molar-refractivity contribution in [3.05, 3.63) is 127 Å². The van der Waals surface area contributed by atoms with Gasteiger partial charge < -0.3 is 0 Å². The Labute approximate surface area is 240 Å². The van der Waals surface area contributed by atoms with E-state index in [1.165, 1.54) is 54.8 Å². The van der Waals surface area contributed by atoms with E-state index in [1.807, 2.05) is 0 Å². The van der Waals surface area contributed by atoms with Crippen LogP contribution in [-0.2, 0) is 6.42 Å². The van der Waals surface area contributed by atoms with Crippen molar-refractivity contribution < 1.29 is 0 Å². The summed E-state index contributed by atoms with van der Waals surface area (Å²) >= 11 is 0. The lowest BCUT2D eigenvalue weighted by atomic mass is 9.96. The summed E-state index contributed by atoms with van der Waals surface area (Å²) in [7, 11) is 0. The molecule has 0 unspecified atom stereocenters. The quantitative estimate of drug-likeness (QED) is 0.196. The number of imidazole rings is 2. The number of aromatic nitrogens is 4. The van der Waals surface area contributed by atoms with Gasteiger partial charge >= 0.3 is 0 Å². The third-order valence-electron chi connectivity index (χ3n) is 9.11. The highest BCUT2D eigenvalue weighted by atomic mass is 15.0. The molecule has 4 heterocycles. The summed E-state index contributed by atoms with van der Waals surface area (Å²) in [4.78, 5) is 10.3. The first-order valence-electron chi connectivity index (χ1n) is 14.6. The standard InChI is InChI=1S/C38H24N4/c1-5-13-33-27(9-1)25-19-17-23(21-29(25)37-39-31-11-3-7-15-35(31)41(33)37)24-18-20-26-28-10-2-6-14-34(28)42-36-16-8-4-12-32(36)40-38(42)30(26)22-24/h1-7,9-15,17-22H,8,16H2. The van der Waals surface area contributed by atoms with Crippen molar-refractivity contribution in [2.75, 3.05) is 0 Å². The molecule has 4 nitrogen and oxygen atoms in total. The lowest BCUT2D eigenvalue weighted by Gasteiger charge is -2.13. The fourth-order valence-electron chi connectivity index (χ4n) is 7.23. The zero-order valence-corrected chi connectivity index (χ0v) is 22.8. The average Bonchev–Trinajstić information content (AvgIpc) is 3.65. The minimum Gasteiger partial charge on any atom is -0.295 e. The van der Waals surface area contributed by atoms with Crippen molar-refractivity contribution in [2.45, 2.75) is 12.8 Å². The SMILES string of the molecule is C1=Cc2nc3c4cc(-c5ccc6c7ccccc7n7c8ccccc8nc7c6c5)ccc4c4ccccc4n3c2CC1. The highest BCUT2D eigenvalue weighted by Gasteiger charge is 2.19. The molecule has 1 aliphatic carbocycles. The molecule has 4 aromatic heterocycles. The summed E-state index contributed by atoms with van der Waals surface area (Å²) < 4.78 is 4.71. The van der Waals surface area contributed by atoms with E-state index in [0.717, 1.165) is 46.2 Å². The molecule has 4 heteroatoms. The van der Waals surface area contributed by atoms with Gasteiger partial charge in [-0.3, -0.25) is 8.80 Å². The number of para-hydroxylation sites is 4. The van der Waals surface area contributed by atoms with Crippen LogP contribution in [0.3, 0.4) is 0 Å². The molecule has 0 N–H and O–H groups in total. The molecular weight excluding hydrogens is 512 g/mol. The average molecular weight is 537 g/mol. The summed E-state index contributed by atoms with van der Waals surface area (Å²) in [6.45, 7) is 0. The maximum absolute atomic E-state index is 5.18. The third-order valence-corrected chi connectivity index (χ3v) is 9.11. The van der Waals surface area contributed by atoms with Crippen molar-refractivity contribution in [1.29, 1.82) is 0 Å². The zero-order chi connectivity index (χ0) is 27.4. The van der Waals surface area contributed by atoms with E-state index < -0.39 is 0 Å². The second kappa shape index (κ2) is 8.05. The third kappa shape index (κ3) is 2.86. The molecular formula is C38H24N4. The van der Waals surface area contributed by atoms with Gasteiger partial charge in [0.15, 0.2) is 0 Å². The highest BCUT2D eigenvalue weighted by Crippen LogP contribution is 2.38. The van der Waals surface area contributed by atoms with Gasteiger partial charge in [0.05, 0.1) is 33.5 Å². The summed E-state index contributed by atoms with van der Waals surface area (Å²) in [5.41, 5.74) is 11.3. The fraction of sp³-hybridized carbons (Fsp3) is 0.0526. The number of fused-ring (bicyclic) bond motifs is 16. The van der Waals surface area contributed by atoms with Gasteiger partial charge in [-0.2, -0.15) is 0 Å². The van der Waals surface area contributed by atoms with Gasteiger partial charge in [0.25, 0.3) is 0 Å². The van der Waals surface area contributed by atoms with Crippen molar-refractivity contribution in [3.8, 4) is 11.1 Å². The Morgan fingerprint density at radius 3 is 1.81 bits per heavy atom. The minimum absolute atomic E-state index is 0.994. The second-order valence-electron chi connectivity index (χ2n) is 11.4. The van der Waals surface area contributed by atoms with Crippen LogP contribution in [0.25, 0.3) is 82.9 Å². The van der Waals surface area contributed by atoms with Crippen LogP contribution in [-0.4, -0.2) is 18.8 Å². The Balaban J connectivity index is 1.29. The van der Waals surface area contributed by atoms with Gasteiger partial charge in [-0.25, -0.2) is 9.97 Å². The molecule has 0 spiro atoms. The molecule has 0 saturated heterocycles. The van der Waals surface area contributed by atoms with Gasteiger partial charge in [0.2, 0.25) is 0 Å². The molecule has 0 amide bonds. The highest BCUT2D eigenvalue weighted by molar-refractivity contribution is 6.16. The number of hydrogen-bond acceptors (Lipinski definition) is 2. The van der Waals surface area contributed by atoms with Crippen LogP contribution >= 0.6 is 0 Å². The maximum Gasteiger partial charge on any atom is 0.146 e. The lowest BCUT2D eigenvalue weighted by molar-refractivity contribution is 0.921. The van der Waals surface area contributed by atoms with E-state index in [4.69, 9.17) is 9.97 Å². The molecule has 196 valence electrons. The molecule has 0 aliphatic heterocycles. The molecule has 9 aromatic rings. The molecule has 0 bridgehead atoms.